The molecular weight excluding hydrogens is 266 g/mol. The summed E-state index contributed by atoms with van der Waals surface area (Å²) in [5.41, 5.74) is -0.418. The van der Waals surface area contributed by atoms with Crippen molar-refractivity contribution in [3.63, 3.8) is 0 Å². The van der Waals surface area contributed by atoms with Gasteiger partial charge in [0, 0.05) is 49.3 Å². The van der Waals surface area contributed by atoms with Gasteiger partial charge >= 0.3 is 6.09 Å². The van der Waals surface area contributed by atoms with Crippen molar-refractivity contribution in [3.05, 3.63) is 18.2 Å². The minimum Gasteiger partial charge on any atom is -0.444 e. The number of amides is 1. The van der Waals surface area contributed by atoms with Gasteiger partial charge in [0.25, 0.3) is 0 Å². The molecule has 5 heteroatoms. The van der Waals surface area contributed by atoms with E-state index in [0.717, 1.165) is 18.9 Å². The second-order valence-electron chi connectivity index (χ2n) is 7.55. The zero-order chi connectivity index (χ0) is 15.4. The third-order valence-electron chi connectivity index (χ3n) is 4.34. The van der Waals surface area contributed by atoms with Gasteiger partial charge in [0.15, 0.2) is 0 Å². The quantitative estimate of drug-likeness (QED) is 0.841. The largest absolute Gasteiger partial charge is 0.444 e. The van der Waals surface area contributed by atoms with Gasteiger partial charge in [-0.1, -0.05) is 13.8 Å². The molecule has 1 aliphatic carbocycles. The van der Waals surface area contributed by atoms with E-state index in [1.807, 2.05) is 31.9 Å². The summed E-state index contributed by atoms with van der Waals surface area (Å²) in [6.45, 7) is 11.7. The fraction of sp³-hybridized carbons (Fsp3) is 0.750. The SMILES string of the molecule is CC(C)c1nccn1C1[C@H]2CN(C(=O)OC(C)(C)C)C[C@@H]12. The van der Waals surface area contributed by atoms with E-state index in [1.165, 1.54) is 0 Å². The zero-order valence-electron chi connectivity index (χ0n) is 13.5. The van der Waals surface area contributed by atoms with Crippen LogP contribution in [0.5, 0.6) is 0 Å². The first-order valence-corrected chi connectivity index (χ1v) is 7.78. The Morgan fingerprint density at radius 3 is 2.48 bits per heavy atom. The molecule has 1 unspecified atom stereocenters. The lowest BCUT2D eigenvalue weighted by Gasteiger charge is -2.26. The van der Waals surface area contributed by atoms with E-state index in [1.54, 1.807) is 0 Å². The van der Waals surface area contributed by atoms with Crippen molar-refractivity contribution < 1.29 is 9.53 Å². The van der Waals surface area contributed by atoms with Crippen LogP contribution in [0.4, 0.5) is 4.79 Å². The van der Waals surface area contributed by atoms with Crippen LogP contribution in [0.25, 0.3) is 0 Å². The van der Waals surface area contributed by atoms with Crippen LogP contribution >= 0.6 is 0 Å². The third-order valence-corrected chi connectivity index (χ3v) is 4.34. The Morgan fingerprint density at radius 2 is 1.95 bits per heavy atom. The van der Waals surface area contributed by atoms with Gasteiger partial charge < -0.3 is 14.2 Å². The van der Waals surface area contributed by atoms with Crippen LogP contribution in [0.2, 0.25) is 0 Å². The first-order valence-electron chi connectivity index (χ1n) is 7.78. The minimum absolute atomic E-state index is 0.178. The molecule has 1 amide bonds. The monoisotopic (exact) mass is 291 g/mol. The number of carbonyl (C=O) groups excluding carboxylic acids is 1. The average molecular weight is 291 g/mol. The molecule has 1 saturated heterocycles. The van der Waals surface area contributed by atoms with Crippen LogP contribution in [-0.4, -0.2) is 39.2 Å². The second kappa shape index (κ2) is 4.75. The van der Waals surface area contributed by atoms with E-state index in [4.69, 9.17) is 4.74 Å². The lowest BCUT2D eigenvalue weighted by Crippen LogP contribution is -2.37. The number of ether oxygens (including phenoxy) is 1. The summed E-state index contributed by atoms with van der Waals surface area (Å²) in [6, 6.07) is 0.517. The van der Waals surface area contributed by atoms with Crippen molar-refractivity contribution in [2.45, 2.75) is 52.2 Å². The van der Waals surface area contributed by atoms with E-state index in [9.17, 15) is 4.79 Å². The first kappa shape index (κ1) is 14.4. The summed E-state index contributed by atoms with van der Waals surface area (Å²) in [5, 5.41) is 0. The first-order chi connectivity index (χ1) is 9.78. The van der Waals surface area contributed by atoms with Crippen LogP contribution in [0.15, 0.2) is 12.4 Å². The lowest BCUT2D eigenvalue weighted by molar-refractivity contribution is 0.0266. The number of carbonyl (C=O) groups is 1. The number of likely N-dealkylation sites (tertiary alicyclic amines) is 1. The molecule has 3 rings (SSSR count). The molecule has 21 heavy (non-hydrogen) atoms. The maximum Gasteiger partial charge on any atom is 0.410 e. The van der Waals surface area contributed by atoms with Gasteiger partial charge in [-0.2, -0.15) is 0 Å². The molecule has 0 N–H and O–H groups in total. The molecule has 3 atom stereocenters. The Hall–Kier alpha value is -1.52. The molecule has 5 nitrogen and oxygen atoms in total. The van der Waals surface area contributed by atoms with Gasteiger partial charge in [-0.3, -0.25) is 0 Å². The molecule has 1 saturated carbocycles. The van der Waals surface area contributed by atoms with Crippen LogP contribution in [0.1, 0.15) is 52.4 Å². The van der Waals surface area contributed by atoms with Gasteiger partial charge in [0.2, 0.25) is 0 Å². The molecule has 0 bridgehead atoms. The van der Waals surface area contributed by atoms with Crippen molar-refractivity contribution in [1.82, 2.24) is 14.5 Å². The van der Waals surface area contributed by atoms with E-state index < -0.39 is 5.60 Å². The summed E-state index contributed by atoms with van der Waals surface area (Å²) in [7, 11) is 0. The number of hydrogen-bond acceptors (Lipinski definition) is 3. The Labute approximate surface area is 126 Å². The Bertz CT molecular complexity index is 532. The van der Waals surface area contributed by atoms with E-state index in [0.29, 0.717) is 23.8 Å². The molecule has 116 valence electrons. The van der Waals surface area contributed by atoms with Crippen molar-refractivity contribution in [2.75, 3.05) is 13.1 Å². The maximum atomic E-state index is 12.1. The fourth-order valence-electron chi connectivity index (χ4n) is 3.41. The van der Waals surface area contributed by atoms with Gasteiger partial charge in [-0.05, 0) is 20.8 Å². The molecule has 1 aromatic heterocycles. The molecule has 2 fully saturated rings. The second-order valence-corrected chi connectivity index (χ2v) is 7.55. The number of nitrogens with zero attached hydrogens (tertiary/aromatic N) is 3. The Kier molecular flexibility index (Phi) is 3.26. The summed E-state index contributed by atoms with van der Waals surface area (Å²) in [6.07, 6.45) is 3.79. The smallest absolute Gasteiger partial charge is 0.410 e. The summed E-state index contributed by atoms with van der Waals surface area (Å²) in [4.78, 5) is 18.4. The summed E-state index contributed by atoms with van der Waals surface area (Å²) < 4.78 is 7.76. The van der Waals surface area contributed by atoms with Gasteiger partial charge in [0.1, 0.15) is 11.4 Å². The van der Waals surface area contributed by atoms with Crippen molar-refractivity contribution in [1.29, 1.82) is 0 Å². The average Bonchev–Trinajstić information content (AvgIpc) is 2.81. The van der Waals surface area contributed by atoms with Gasteiger partial charge in [-0.25, -0.2) is 9.78 Å². The zero-order valence-corrected chi connectivity index (χ0v) is 13.5. The summed E-state index contributed by atoms with van der Waals surface area (Å²) in [5.74, 6) is 2.70. The van der Waals surface area contributed by atoms with Crippen LogP contribution in [0.3, 0.4) is 0 Å². The van der Waals surface area contributed by atoms with Crippen LogP contribution in [-0.2, 0) is 4.74 Å². The predicted molar refractivity (Wildman–Crippen MR) is 80.1 cm³/mol. The van der Waals surface area contributed by atoms with Crippen molar-refractivity contribution >= 4 is 6.09 Å². The standard InChI is InChI=1S/C16H25N3O2/c1-10(2)14-17-6-7-19(14)13-11-8-18(9-12(11)13)15(20)21-16(3,4)5/h6-7,10-13H,8-9H2,1-5H3/t11-,12+,13?. The third kappa shape index (κ3) is 2.65. The van der Waals surface area contributed by atoms with E-state index in [-0.39, 0.29) is 6.09 Å². The fourth-order valence-corrected chi connectivity index (χ4v) is 3.41. The highest BCUT2D eigenvalue weighted by atomic mass is 16.6. The number of rotatable bonds is 2. The molecule has 2 aliphatic rings. The van der Waals surface area contributed by atoms with Gasteiger partial charge in [0.05, 0.1) is 0 Å². The lowest BCUT2D eigenvalue weighted by atomic mass is 10.2. The minimum atomic E-state index is -0.418. The number of hydrogen-bond donors (Lipinski definition) is 0. The topological polar surface area (TPSA) is 47.4 Å². The Balaban J connectivity index is 1.61. The predicted octanol–water partition coefficient (Wildman–Crippen LogP) is 3.04. The molecule has 0 radical (unpaired) electrons. The Morgan fingerprint density at radius 1 is 1.33 bits per heavy atom. The van der Waals surface area contributed by atoms with E-state index in [2.05, 4.69) is 29.6 Å². The number of fused-ring (bicyclic) bond motifs is 1. The maximum absolute atomic E-state index is 12.1. The molecule has 2 heterocycles. The highest BCUT2D eigenvalue weighted by Crippen LogP contribution is 2.56. The number of piperidine rings is 1. The molecule has 1 aromatic rings. The van der Waals surface area contributed by atoms with Gasteiger partial charge in [-0.15, -0.1) is 0 Å². The summed E-state index contributed by atoms with van der Waals surface area (Å²) >= 11 is 0. The van der Waals surface area contributed by atoms with Crippen LogP contribution < -0.4 is 0 Å². The molecule has 0 spiro atoms. The molecular formula is C16H25N3O2. The molecule has 0 aromatic carbocycles. The number of aromatic nitrogens is 2. The highest BCUT2D eigenvalue weighted by molar-refractivity contribution is 5.69. The van der Waals surface area contributed by atoms with E-state index >= 15 is 0 Å². The number of imidazole rings is 1. The van der Waals surface area contributed by atoms with Crippen molar-refractivity contribution in [3.8, 4) is 0 Å². The highest BCUT2D eigenvalue weighted by Gasteiger charge is 2.58. The van der Waals surface area contributed by atoms with Crippen molar-refractivity contribution in [2.24, 2.45) is 11.8 Å². The van der Waals surface area contributed by atoms with Crippen LogP contribution in [0, 0.1) is 11.8 Å². The normalized spacial score (nSPS) is 27.9. The molecule has 1 aliphatic heterocycles.